The number of ether oxygens (including phenoxy) is 1. The monoisotopic (exact) mass is 231 g/mol. The Hall–Kier alpha value is -0.610. The lowest BCUT2D eigenvalue weighted by atomic mass is 10.1. The topological polar surface area (TPSA) is 39.9 Å². The molecular weight excluding hydrogens is 214 g/mol. The van der Waals surface area contributed by atoms with Crippen LogP contribution in [-0.4, -0.2) is 22.1 Å². The SMILES string of the molecule is CCC(CC)n1nnc(CCl)c1COC. The smallest absolute Gasteiger partial charge is 0.103 e. The molecule has 0 saturated carbocycles. The molecule has 0 saturated heterocycles. The van der Waals surface area contributed by atoms with Crippen LogP contribution in [-0.2, 0) is 17.2 Å². The van der Waals surface area contributed by atoms with Crippen LogP contribution in [0.3, 0.4) is 0 Å². The summed E-state index contributed by atoms with van der Waals surface area (Å²) in [5.74, 6) is 0.388. The summed E-state index contributed by atoms with van der Waals surface area (Å²) < 4.78 is 7.09. The maximum absolute atomic E-state index is 5.80. The molecular formula is C10H18ClN3O. The summed E-state index contributed by atoms with van der Waals surface area (Å²) in [6.45, 7) is 4.81. The van der Waals surface area contributed by atoms with Crippen molar-refractivity contribution in [1.29, 1.82) is 0 Å². The Morgan fingerprint density at radius 1 is 1.40 bits per heavy atom. The van der Waals surface area contributed by atoms with Crippen LogP contribution in [0, 0.1) is 0 Å². The van der Waals surface area contributed by atoms with E-state index >= 15 is 0 Å². The lowest BCUT2D eigenvalue weighted by Crippen LogP contribution is -2.13. The van der Waals surface area contributed by atoms with Crippen LogP contribution < -0.4 is 0 Å². The molecule has 0 fully saturated rings. The molecule has 0 spiro atoms. The molecule has 0 bridgehead atoms. The summed E-state index contributed by atoms with van der Waals surface area (Å²) in [4.78, 5) is 0. The number of hydrogen-bond donors (Lipinski definition) is 0. The van der Waals surface area contributed by atoms with E-state index in [1.54, 1.807) is 7.11 Å². The first-order chi connectivity index (χ1) is 7.28. The number of aromatic nitrogens is 3. The highest BCUT2D eigenvalue weighted by molar-refractivity contribution is 6.16. The molecule has 4 nitrogen and oxygen atoms in total. The van der Waals surface area contributed by atoms with Crippen LogP contribution >= 0.6 is 11.6 Å². The molecule has 0 unspecified atom stereocenters. The molecule has 5 heteroatoms. The van der Waals surface area contributed by atoms with Gasteiger partial charge in [-0.1, -0.05) is 19.1 Å². The Bertz CT molecular complexity index is 297. The molecule has 0 aromatic carbocycles. The van der Waals surface area contributed by atoms with Gasteiger partial charge in [-0.2, -0.15) is 0 Å². The third-order valence-corrected chi connectivity index (χ3v) is 2.82. The van der Waals surface area contributed by atoms with E-state index in [0.29, 0.717) is 18.5 Å². The van der Waals surface area contributed by atoms with Gasteiger partial charge in [0.25, 0.3) is 0 Å². The average molecular weight is 232 g/mol. The van der Waals surface area contributed by atoms with E-state index in [1.165, 1.54) is 0 Å². The van der Waals surface area contributed by atoms with Gasteiger partial charge in [0, 0.05) is 7.11 Å². The van der Waals surface area contributed by atoms with Crippen molar-refractivity contribution in [3.05, 3.63) is 11.4 Å². The zero-order valence-corrected chi connectivity index (χ0v) is 10.3. The number of hydrogen-bond acceptors (Lipinski definition) is 3. The predicted octanol–water partition coefficient (Wildman–Crippen LogP) is 2.52. The van der Waals surface area contributed by atoms with Crippen molar-refractivity contribution in [3.8, 4) is 0 Å². The lowest BCUT2D eigenvalue weighted by Gasteiger charge is -2.15. The highest BCUT2D eigenvalue weighted by Gasteiger charge is 2.16. The van der Waals surface area contributed by atoms with E-state index in [9.17, 15) is 0 Å². The van der Waals surface area contributed by atoms with Gasteiger partial charge in [0.2, 0.25) is 0 Å². The van der Waals surface area contributed by atoms with Gasteiger partial charge in [0.15, 0.2) is 0 Å². The van der Waals surface area contributed by atoms with Crippen molar-refractivity contribution in [1.82, 2.24) is 15.0 Å². The van der Waals surface area contributed by atoms with Gasteiger partial charge >= 0.3 is 0 Å². The van der Waals surface area contributed by atoms with Crippen LogP contribution in [0.5, 0.6) is 0 Å². The summed E-state index contributed by atoms with van der Waals surface area (Å²) in [7, 11) is 1.67. The molecule has 0 aliphatic carbocycles. The van der Waals surface area contributed by atoms with Gasteiger partial charge in [-0.25, -0.2) is 4.68 Å². The number of methoxy groups -OCH3 is 1. The van der Waals surface area contributed by atoms with Crippen LogP contribution in [0.4, 0.5) is 0 Å². The second kappa shape index (κ2) is 6.08. The first kappa shape index (κ1) is 12.5. The van der Waals surface area contributed by atoms with Crippen molar-refractivity contribution in [2.24, 2.45) is 0 Å². The maximum atomic E-state index is 5.80. The van der Waals surface area contributed by atoms with E-state index < -0.39 is 0 Å². The molecule has 15 heavy (non-hydrogen) atoms. The minimum absolute atomic E-state index is 0.388. The maximum Gasteiger partial charge on any atom is 0.103 e. The zero-order chi connectivity index (χ0) is 11.3. The molecule has 1 aromatic heterocycles. The van der Waals surface area contributed by atoms with Crippen molar-refractivity contribution >= 4 is 11.6 Å². The van der Waals surface area contributed by atoms with Crippen LogP contribution in [0.25, 0.3) is 0 Å². The molecule has 1 aromatic rings. The molecule has 1 heterocycles. The van der Waals surface area contributed by atoms with Crippen molar-refractivity contribution in [2.75, 3.05) is 7.11 Å². The van der Waals surface area contributed by atoms with Gasteiger partial charge in [0.05, 0.1) is 24.2 Å². The van der Waals surface area contributed by atoms with Crippen molar-refractivity contribution in [3.63, 3.8) is 0 Å². The lowest BCUT2D eigenvalue weighted by molar-refractivity contribution is 0.172. The second-order valence-electron chi connectivity index (χ2n) is 3.46. The summed E-state index contributed by atoms with van der Waals surface area (Å²) >= 11 is 5.80. The molecule has 0 N–H and O–H groups in total. The van der Waals surface area contributed by atoms with Gasteiger partial charge in [-0.05, 0) is 12.8 Å². The fraction of sp³-hybridized carbons (Fsp3) is 0.800. The molecule has 0 aliphatic rings. The Kier molecular flexibility index (Phi) is 5.05. The Morgan fingerprint density at radius 3 is 2.53 bits per heavy atom. The highest BCUT2D eigenvalue weighted by Crippen LogP contribution is 2.19. The summed E-state index contributed by atoms with van der Waals surface area (Å²) in [6.07, 6.45) is 2.08. The zero-order valence-electron chi connectivity index (χ0n) is 9.53. The fourth-order valence-electron chi connectivity index (χ4n) is 1.66. The molecule has 0 radical (unpaired) electrons. The molecule has 0 atom stereocenters. The van der Waals surface area contributed by atoms with E-state index in [1.807, 2.05) is 4.68 Å². The standard InChI is InChI=1S/C10H18ClN3O/c1-4-8(5-2)14-10(7-15-3)9(6-11)12-13-14/h8H,4-7H2,1-3H3. The normalized spacial score (nSPS) is 11.3. The number of halogens is 1. The van der Waals surface area contributed by atoms with Gasteiger partial charge < -0.3 is 4.74 Å². The first-order valence-electron chi connectivity index (χ1n) is 5.26. The average Bonchev–Trinajstić information content (AvgIpc) is 2.64. The fourth-order valence-corrected chi connectivity index (χ4v) is 1.87. The van der Waals surface area contributed by atoms with Crippen molar-refractivity contribution in [2.45, 2.75) is 45.2 Å². The van der Waals surface area contributed by atoms with E-state index in [4.69, 9.17) is 16.3 Å². The van der Waals surface area contributed by atoms with Gasteiger partial charge in [0.1, 0.15) is 5.69 Å². The van der Waals surface area contributed by atoms with Crippen LogP contribution in [0.15, 0.2) is 0 Å². The minimum Gasteiger partial charge on any atom is -0.378 e. The first-order valence-corrected chi connectivity index (χ1v) is 5.79. The van der Waals surface area contributed by atoms with Crippen LogP contribution in [0.1, 0.15) is 44.1 Å². The minimum atomic E-state index is 0.388. The second-order valence-corrected chi connectivity index (χ2v) is 3.73. The predicted molar refractivity (Wildman–Crippen MR) is 59.9 cm³/mol. The molecule has 0 amide bonds. The van der Waals surface area contributed by atoms with E-state index in [-0.39, 0.29) is 0 Å². The Labute approximate surface area is 95.6 Å². The summed E-state index contributed by atoms with van der Waals surface area (Å²) in [6, 6.07) is 0.389. The van der Waals surface area contributed by atoms with E-state index in [2.05, 4.69) is 24.2 Å². The number of alkyl halides is 1. The Balaban J connectivity index is 2.99. The van der Waals surface area contributed by atoms with Gasteiger partial charge in [-0.15, -0.1) is 16.7 Å². The van der Waals surface area contributed by atoms with Gasteiger partial charge in [-0.3, -0.25) is 0 Å². The molecule has 0 aliphatic heterocycles. The summed E-state index contributed by atoms with van der Waals surface area (Å²) in [5, 5.41) is 8.22. The number of rotatable bonds is 6. The molecule has 1 rings (SSSR count). The number of nitrogens with zero attached hydrogens (tertiary/aromatic N) is 3. The van der Waals surface area contributed by atoms with E-state index in [0.717, 1.165) is 24.2 Å². The van der Waals surface area contributed by atoms with Crippen molar-refractivity contribution < 1.29 is 4.74 Å². The Morgan fingerprint density at radius 2 is 2.07 bits per heavy atom. The summed E-state index contributed by atoms with van der Waals surface area (Å²) in [5.41, 5.74) is 1.83. The quantitative estimate of drug-likeness (QED) is 0.707. The molecule has 86 valence electrons. The largest absolute Gasteiger partial charge is 0.378 e. The third kappa shape index (κ3) is 2.69. The third-order valence-electron chi connectivity index (χ3n) is 2.57. The van der Waals surface area contributed by atoms with Crippen LogP contribution in [0.2, 0.25) is 0 Å². The highest BCUT2D eigenvalue weighted by atomic mass is 35.5.